The number of fused-ring (bicyclic) bond motifs is 1. The molecule has 2 aromatic heterocycles. The smallest absolute Gasteiger partial charge is 0.269 e. The molecule has 4 nitrogen and oxygen atoms in total. The third-order valence-electron chi connectivity index (χ3n) is 1.97. The highest BCUT2D eigenvalue weighted by molar-refractivity contribution is 5.70. The standard InChI is InChI=1S/C9H9N3O/c1-6-3-7-9(10-4-6)11-5-8(13)12(7)2/h3-5H,1-2H3. The molecule has 0 spiro atoms. The fraction of sp³-hybridized carbons (Fsp3) is 0.222. The van der Waals surface area contributed by atoms with E-state index in [1.165, 1.54) is 6.20 Å². The predicted molar refractivity (Wildman–Crippen MR) is 49.5 cm³/mol. The first-order chi connectivity index (χ1) is 6.18. The molecule has 0 aromatic carbocycles. The van der Waals surface area contributed by atoms with Gasteiger partial charge in [-0.2, -0.15) is 0 Å². The van der Waals surface area contributed by atoms with Crippen LogP contribution in [0.4, 0.5) is 0 Å². The average molecular weight is 175 g/mol. The van der Waals surface area contributed by atoms with E-state index in [0.717, 1.165) is 11.1 Å². The van der Waals surface area contributed by atoms with Crippen LogP contribution in [-0.4, -0.2) is 14.5 Å². The van der Waals surface area contributed by atoms with Crippen LogP contribution in [0.3, 0.4) is 0 Å². The van der Waals surface area contributed by atoms with E-state index in [1.807, 2.05) is 13.0 Å². The van der Waals surface area contributed by atoms with Crippen LogP contribution in [0, 0.1) is 6.92 Å². The highest BCUT2D eigenvalue weighted by Crippen LogP contribution is 2.06. The Kier molecular flexibility index (Phi) is 1.62. The molecular weight excluding hydrogens is 166 g/mol. The molecule has 0 bridgehead atoms. The summed E-state index contributed by atoms with van der Waals surface area (Å²) >= 11 is 0. The molecule has 2 heterocycles. The maximum Gasteiger partial charge on any atom is 0.269 e. The van der Waals surface area contributed by atoms with Crippen molar-refractivity contribution < 1.29 is 0 Å². The fourth-order valence-corrected chi connectivity index (χ4v) is 1.21. The molecule has 0 aliphatic heterocycles. The van der Waals surface area contributed by atoms with E-state index in [2.05, 4.69) is 9.97 Å². The molecule has 13 heavy (non-hydrogen) atoms. The van der Waals surface area contributed by atoms with Gasteiger partial charge in [0.15, 0.2) is 5.65 Å². The van der Waals surface area contributed by atoms with Crippen molar-refractivity contribution >= 4 is 11.2 Å². The Morgan fingerprint density at radius 2 is 2.00 bits per heavy atom. The molecule has 0 unspecified atom stereocenters. The summed E-state index contributed by atoms with van der Waals surface area (Å²) < 4.78 is 1.54. The summed E-state index contributed by atoms with van der Waals surface area (Å²) in [6.07, 6.45) is 3.02. The van der Waals surface area contributed by atoms with E-state index in [9.17, 15) is 4.79 Å². The third kappa shape index (κ3) is 1.20. The van der Waals surface area contributed by atoms with Gasteiger partial charge in [-0.05, 0) is 18.6 Å². The first-order valence-corrected chi connectivity index (χ1v) is 3.97. The molecule has 0 N–H and O–H groups in total. The number of hydrogen-bond acceptors (Lipinski definition) is 3. The molecule has 0 aliphatic rings. The van der Waals surface area contributed by atoms with Crippen molar-refractivity contribution in [3.05, 3.63) is 34.4 Å². The summed E-state index contributed by atoms with van der Waals surface area (Å²) in [6.45, 7) is 1.93. The lowest BCUT2D eigenvalue weighted by Gasteiger charge is -2.02. The molecule has 0 aliphatic carbocycles. The molecule has 0 radical (unpaired) electrons. The van der Waals surface area contributed by atoms with Crippen molar-refractivity contribution in [1.82, 2.24) is 14.5 Å². The zero-order chi connectivity index (χ0) is 9.42. The lowest BCUT2D eigenvalue weighted by Crippen LogP contribution is -2.17. The van der Waals surface area contributed by atoms with E-state index in [1.54, 1.807) is 17.8 Å². The predicted octanol–water partition coefficient (Wildman–Crippen LogP) is 0.637. The highest BCUT2D eigenvalue weighted by Gasteiger charge is 2.00. The largest absolute Gasteiger partial charge is 0.307 e. The van der Waals surface area contributed by atoms with E-state index in [-0.39, 0.29) is 5.56 Å². The first-order valence-electron chi connectivity index (χ1n) is 3.97. The second-order valence-corrected chi connectivity index (χ2v) is 3.01. The number of hydrogen-bond donors (Lipinski definition) is 0. The second-order valence-electron chi connectivity index (χ2n) is 3.01. The van der Waals surface area contributed by atoms with Crippen molar-refractivity contribution in [3.63, 3.8) is 0 Å². The lowest BCUT2D eigenvalue weighted by molar-refractivity contribution is 0.885. The molecule has 0 saturated heterocycles. The van der Waals surface area contributed by atoms with Gasteiger partial charge in [0.05, 0.1) is 11.7 Å². The number of pyridine rings is 1. The molecule has 0 saturated carbocycles. The Morgan fingerprint density at radius 3 is 2.77 bits per heavy atom. The minimum atomic E-state index is -0.111. The summed E-state index contributed by atoms with van der Waals surface area (Å²) in [6, 6.07) is 1.90. The Morgan fingerprint density at radius 1 is 1.31 bits per heavy atom. The zero-order valence-electron chi connectivity index (χ0n) is 7.48. The van der Waals surface area contributed by atoms with Crippen LogP contribution in [0.15, 0.2) is 23.3 Å². The number of nitrogens with zero attached hydrogens (tertiary/aromatic N) is 3. The average Bonchev–Trinajstić information content (AvgIpc) is 2.12. The van der Waals surface area contributed by atoms with Crippen LogP contribution in [0.5, 0.6) is 0 Å². The fourth-order valence-electron chi connectivity index (χ4n) is 1.21. The van der Waals surface area contributed by atoms with Gasteiger partial charge >= 0.3 is 0 Å². The van der Waals surface area contributed by atoms with E-state index in [0.29, 0.717) is 5.65 Å². The lowest BCUT2D eigenvalue weighted by atomic mass is 10.3. The van der Waals surface area contributed by atoms with Gasteiger partial charge in [0, 0.05) is 13.2 Å². The number of aromatic nitrogens is 3. The summed E-state index contributed by atoms with van der Waals surface area (Å²) in [5.41, 5.74) is 2.29. The van der Waals surface area contributed by atoms with Crippen LogP contribution < -0.4 is 5.56 Å². The van der Waals surface area contributed by atoms with Gasteiger partial charge in [-0.3, -0.25) is 4.79 Å². The highest BCUT2D eigenvalue weighted by atomic mass is 16.1. The van der Waals surface area contributed by atoms with Crippen LogP contribution in [0.25, 0.3) is 11.2 Å². The zero-order valence-corrected chi connectivity index (χ0v) is 7.48. The van der Waals surface area contributed by atoms with Gasteiger partial charge in [0.1, 0.15) is 0 Å². The summed E-state index contributed by atoms with van der Waals surface area (Å²) in [4.78, 5) is 19.3. The SMILES string of the molecule is Cc1cnc2ncc(=O)n(C)c2c1. The van der Waals surface area contributed by atoms with Gasteiger partial charge in [-0.15, -0.1) is 0 Å². The van der Waals surface area contributed by atoms with E-state index >= 15 is 0 Å². The molecule has 0 amide bonds. The maximum absolute atomic E-state index is 11.2. The Bertz CT molecular complexity index is 516. The second kappa shape index (κ2) is 2.65. The topological polar surface area (TPSA) is 47.8 Å². The van der Waals surface area contributed by atoms with Crippen molar-refractivity contribution in [2.24, 2.45) is 7.05 Å². The minimum absolute atomic E-state index is 0.111. The van der Waals surface area contributed by atoms with Crippen LogP contribution >= 0.6 is 0 Å². The molecule has 2 rings (SSSR count). The van der Waals surface area contributed by atoms with Gasteiger partial charge in [-0.25, -0.2) is 9.97 Å². The summed E-state index contributed by atoms with van der Waals surface area (Å²) in [5, 5.41) is 0. The van der Waals surface area contributed by atoms with Crippen molar-refractivity contribution in [2.45, 2.75) is 6.92 Å². The van der Waals surface area contributed by atoms with Gasteiger partial charge in [0.25, 0.3) is 5.56 Å². The van der Waals surface area contributed by atoms with Crippen molar-refractivity contribution in [3.8, 4) is 0 Å². The van der Waals surface area contributed by atoms with Crippen LogP contribution in [0.1, 0.15) is 5.56 Å². The van der Waals surface area contributed by atoms with Crippen molar-refractivity contribution in [2.75, 3.05) is 0 Å². The molecular formula is C9H9N3O. The minimum Gasteiger partial charge on any atom is -0.307 e. The van der Waals surface area contributed by atoms with Gasteiger partial charge in [-0.1, -0.05) is 0 Å². The molecule has 2 aromatic rings. The van der Waals surface area contributed by atoms with Crippen molar-refractivity contribution in [1.29, 1.82) is 0 Å². The van der Waals surface area contributed by atoms with Crippen LogP contribution in [-0.2, 0) is 7.05 Å². The van der Waals surface area contributed by atoms with E-state index in [4.69, 9.17) is 0 Å². The molecule has 0 atom stereocenters. The molecule has 0 fully saturated rings. The Hall–Kier alpha value is -1.71. The number of rotatable bonds is 0. The van der Waals surface area contributed by atoms with E-state index < -0.39 is 0 Å². The van der Waals surface area contributed by atoms with Crippen LogP contribution in [0.2, 0.25) is 0 Å². The first kappa shape index (κ1) is 7.91. The van der Waals surface area contributed by atoms with Gasteiger partial charge < -0.3 is 4.57 Å². The Balaban J connectivity index is 2.97. The molecule has 66 valence electrons. The Labute approximate surface area is 74.9 Å². The monoisotopic (exact) mass is 175 g/mol. The summed E-state index contributed by atoms with van der Waals surface area (Å²) in [5.74, 6) is 0. The third-order valence-corrected chi connectivity index (χ3v) is 1.97. The quantitative estimate of drug-likeness (QED) is 0.590. The number of aryl methyl sites for hydroxylation is 2. The summed E-state index contributed by atoms with van der Waals surface area (Å²) in [7, 11) is 1.72. The molecule has 4 heteroatoms. The normalized spacial score (nSPS) is 10.6. The maximum atomic E-state index is 11.2. The van der Waals surface area contributed by atoms with Gasteiger partial charge in [0.2, 0.25) is 0 Å².